The van der Waals surface area contributed by atoms with Crippen molar-refractivity contribution in [3.05, 3.63) is 35.9 Å². The van der Waals surface area contributed by atoms with Gasteiger partial charge in [-0.3, -0.25) is 0 Å². The first-order valence-electron chi connectivity index (χ1n) is 5.36. The smallest absolute Gasteiger partial charge is 0.0180 e. The Morgan fingerprint density at radius 1 is 1.29 bits per heavy atom. The van der Waals surface area contributed by atoms with Gasteiger partial charge in [-0.2, -0.15) is 0 Å². The van der Waals surface area contributed by atoms with Crippen LogP contribution in [0.3, 0.4) is 0 Å². The molecule has 1 aromatic carbocycles. The van der Waals surface area contributed by atoms with E-state index in [0.717, 1.165) is 25.9 Å². The van der Waals surface area contributed by atoms with Gasteiger partial charge in [0.2, 0.25) is 0 Å². The van der Waals surface area contributed by atoms with E-state index in [4.69, 9.17) is 5.73 Å². The predicted molar refractivity (Wildman–Crippen MR) is 59.2 cm³/mol. The molecule has 0 bridgehead atoms. The third kappa shape index (κ3) is 2.56. The number of likely N-dealkylation sites (tertiary alicyclic amines) is 1. The van der Waals surface area contributed by atoms with Crippen molar-refractivity contribution in [2.24, 2.45) is 5.73 Å². The van der Waals surface area contributed by atoms with Crippen LogP contribution in [0, 0.1) is 0 Å². The summed E-state index contributed by atoms with van der Waals surface area (Å²) in [5.74, 6) is 0. The first-order chi connectivity index (χ1) is 6.84. The molecule has 0 spiro atoms. The van der Waals surface area contributed by atoms with Gasteiger partial charge in [-0.25, -0.2) is 0 Å². The lowest BCUT2D eigenvalue weighted by molar-refractivity contribution is 0.339. The summed E-state index contributed by atoms with van der Waals surface area (Å²) in [7, 11) is 0. The first-order valence-corrected chi connectivity index (χ1v) is 5.36. The van der Waals surface area contributed by atoms with Gasteiger partial charge in [0.05, 0.1) is 0 Å². The van der Waals surface area contributed by atoms with E-state index in [1.807, 2.05) is 0 Å². The van der Waals surface area contributed by atoms with E-state index in [1.165, 1.54) is 12.1 Å². The second-order valence-electron chi connectivity index (χ2n) is 4.08. The van der Waals surface area contributed by atoms with Gasteiger partial charge in [-0.15, -0.1) is 0 Å². The lowest BCUT2D eigenvalue weighted by atomic mass is 10.1. The molecule has 0 amide bonds. The Morgan fingerprint density at radius 2 is 2.07 bits per heavy atom. The molecule has 0 aromatic heterocycles. The number of nitrogens with two attached hydrogens (primary N) is 1. The highest BCUT2D eigenvalue weighted by Crippen LogP contribution is 2.08. The Labute approximate surface area is 85.7 Å². The molecule has 1 aromatic rings. The fourth-order valence-corrected chi connectivity index (χ4v) is 2.00. The van der Waals surface area contributed by atoms with E-state index in [2.05, 4.69) is 35.2 Å². The van der Waals surface area contributed by atoms with Crippen LogP contribution in [0.5, 0.6) is 0 Å². The van der Waals surface area contributed by atoms with E-state index >= 15 is 0 Å². The van der Waals surface area contributed by atoms with Crippen LogP contribution < -0.4 is 5.73 Å². The fourth-order valence-electron chi connectivity index (χ4n) is 2.00. The zero-order valence-corrected chi connectivity index (χ0v) is 8.52. The van der Waals surface area contributed by atoms with Crippen LogP contribution in [0.15, 0.2) is 30.3 Å². The largest absolute Gasteiger partial charge is 0.326 e. The first kappa shape index (κ1) is 9.69. The van der Waals surface area contributed by atoms with E-state index in [9.17, 15) is 0 Å². The maximum Gasteiger partial charge on any atom is 0.0180 e. The highest BCUT2D eigenvalue weighted by atomic mass is 15.2. The number of rotatable bonds is 3. The Balaban J connectivity index is 1.78. The van der Waals surface area contributed by atoms with E-state index < -0.39 is 0 Å². The lowest BCUT2D eigenvalue weighted by Gasteiger charge is -2.14. The summed E-state index contributed by atoms with van der Waals surface area (Å²) >= 11 is 0. The summed E-state index contributed by atoms with van der Waals surface area (Å²) in [6.45, 7) is 3.40. The molecule has 2 N–H and O–H groups in total. The molecule has 0 radical (unpaired) electrons. The second kappa shape index (κ2) is 4.58. The summed E-state index contributed by atoms with van der Waals surface area (Å²) in [5.41, 5.74) is 7.28. The zero-order valence-electron chi connectivity index (χ0n) is 8.52. The molecule has 76 valence electrons. The number of hydrogen-bond acceptors (Lipinski definition) is 2. The average Bonchev–Trinajstić information content (AvgIpc) is 2.63. The number of benzene rings is 1. The third-order valence-electron chi connectivity index (χ3n) is 2.87. The average molecular weight is 190 g/mol. The van der Waals surface area contributed by atoms with Crippen LogP contribution in [-0.2, 0) is 6.42 Å². The van der Waals surface area contributed by atoms with Gasteiger partial charge in [-0.1, -0.05) is 30.3 Å². The van der Waals surface area contributed by atoms with Crippen molar-refractivity contribution < 1.29 is 0 Å². The molecule has 1 fully saturated rings. The van der Waals surface area contributed by atoms with Crippen LogP contribution in [0.25, 0.3) is 0 Å². The minimum Gasteiger partial charge on any atom is -0.326 e. The third-order valence-corrected chi connectivity index (χ3v) is 2.87. The van der Waals surface area contributed by atoms with Gasteiger partial charge in [0.1, 0.15) is 0 Å². The van der Waals surface area contributed by atoms with E-state index in [1.54, 1.807) is 0 Å². The molecule has 0 aliphatic carbocycles. The molecular formula is C12H18N2. The second-order valence-corrected chi connectivity index (χ2v) is 4.08. The molecule has 1 heterocycles. The summed E-state index contributed by atoms with van der Waals surface area (Å²) in [6.07, 6.45) is 2.31. The Bertz CT molecular complexity index is 271. The summed E-state index contributed by atoms with van der Waals surface area (Å²) in [6, 6.07) is 11.1. The molecule has 1 saturated heterocycles. The summed E-state index contributed by atoms with van der Waals surface area (Å²) in [5, 5.41) is 0. The van der Waals surface area contributed by atoms with Crippen molar-refractivity contribution in [2.75, 3.05) is 19.6 Å². The summed E-state index contributed by atoms with van der Waals surface area (Å²) in [4.78, 5) is 2.46. The van der Waals surface area contributed by atoms with Gasteiger partial charge in [0.15, 0.2) is 0 Å². The Kier molecular flexibility index (Phi) is 3.17. The normalized spacial score (nSPS) is 22.8. The van der Waals surface area contributed by atoms with Crippen molar-refractivity contribution in [2.45, 2.75) is 18.9 Å². The van der Waals surface area contributed by atoms with Crippen LogP contribution >= 0.6 is 0 Å². The van der Waals surface area contributed by atoms with E-state index in [-0.39, 0.29) is 0 Å². The fraction of sp³-hybridized carbons (Fsp3) is 0.500. The molecule has 1 aliphatic rings. The van der Waals surface area contributed by atoms with Crippen molar-refractivity contribution >= 4 is 0 Å². The monoisotopic (exact) mass is 190 g/mol. The van der Waals surface area contributed by atoms with Crippen molar-refractivity contribution in [1.82, 2.24) is 4.90 Å². The van der Waals surface area contributed by atoms with Crippen molar-refractivity contribution in [3.8, 4) is 0 Å². The SMILES string of the molecule is NC1CCN(CCc2ccccc2)C1. The molecule has 1 atom stereocenters. The highest BCUT2D eigenvalue weighted by molar-refractivity contribution is 5.14. The Hall–Kier alpha value is -0.860. The molecule has 1 aliphatic heterocycles. The summed E-state index contributed by atoms with van der Waals surface area (Å²) < 4.78 is 0. The highest BCUT2D eigenvalue weighted by Gasteiger charge is 2.17. The molecule has 1 unspecified atom stereocenters. The minimum absolute atomic E-state index is 0.408. The van der Waals surface area contributed by atoms with Crippen LogP contribution in [0.2, 0.25) is 0 Å². The van der Waals surface area contributed by atoms with Crippen LogP contribution in [0.4, 0.5) is 0 Å². The van der Waals surface area contributed by atoms with Gasteiger partial charge < -0.3 is 10.6 Å². The predicted octanol–water partition coefficient (Wildman–Crippen LogP) is 1.26. The van der Waals surface area contributed by atoms with Gasteiger partial charge >= 0.3 is 0 Å². The molecule has 14 heavy (non-hydrogen) atoms. The van der Waals surface area contributed by atoms with Crippen molar-refractivity contribution in [3.63, 3.8) is 0 Å². The van der Waals surface area contributed by atoms with Gasteiger partial charge in [0.25, 0.3) is 0 Å². The maximum absolute atomic E-state index is 5.85. The van der Waals surface area contributed by atoms with E-state index in [0.29, 0.717) is 6.04 Å². The quantitative estimate of drug-likeness (QED) is 0.777. The van der Waals surface area contributed by atoms with Gasteiger partial charge in [-0.05, 0) is 24.9 Å². The van der Waals surface area contributed by atoms with Crippen LogP contribution in [0.1, 0.15) is 12.0 Å². The van der Waals surface area contributed by atoms with Crippen molar-refractivity contribution in [1.29, 1.82) is 0 Å². The standard InChI is InChI=1S/C12H18N2/c13-12-7-9-14(10-12)8-6-11-4-2-1-3-5-11/h1-5,12H,6-10,13H2. The Morgan fingerprint density at radius 3 is 2.71 bits per heavy atom. The molecule has 2 rings (SSSR count). The zero-order chi connectivity index (χ0) is 9.80. The number of nitrogens with zero attached hydrogens (tertiary/aromatic N) is 1. The minimum atomic E-state index is 0.408. The molecular weight excluding hydrogens is 172 g/mol. The molecule has 2 heteroatoms. The number of hydrogen-bond donors (Lipinski definition) is 1. The van der Waals surface area contributed by atoms with Crippen LogP contribution in [-0.4, -0.2) is 30.6 Å². The maximum atomic E-state index is 5.85. The molecule has 0 saturated carbocycles. The lowest BCUT2D eigenvalue weighted by Crippen LogP contribution is -2.28. The topological polar surface area (TPSA) is 29.3 Å². The molecule has 2 nitrogen and oxygen atoms in total. The van der Waals surface area contributed by atoms with Gasteiger partial charge in [0, 0.05) is 19.1 Å².